The number of rotatable bonds is 5. The van der Waals surface area contributed by atoms with Gasteiger partial charge in [-0.15, -0.1) is 0 Å². The molecule has 2 rings (SSSR count). The maximum absolute atomic E-state index is 13.0. The van der Waals surface area contributed by atoms with Crippen molar-refractivity contribution in [2.24, 2.45) is 17.6 Å². The van der Waals surface area contributed by atoms with E-state index in [1.165, 1.54) is 12.1 Å². The van der Waals surface area contributed by atoms with Crippen molar-refractivity contribution in [2.45, 2.75) is 25.7 Å². The monoisotopic (exact) mass is 282 g/mol. The standard InChI is InChI=1S/C15H20F2N2O/c16-13-5-4-10(8-14(13)17)6-7-19-15(20)12-3-1-2-11(12)9-18/h4-5,8,11-12H,1-3,6-7,9,18H2,(H,19,20)/t11-,12-/m1/s1. The summed E-state index contributed by atoms with van der Waals surface area (Å²) in [5, 5.41) is 2.86. The van der Waals surface area contributed by atoms with E-state index < -0.39 is 11.6 Å². The van der Waals surface area contributed by atoms with Crippen molar-refractivity contribution < 1.29 is 13.6 Å². The van der Waals surface area contributed by atoms with Crippen molar-refractivity contribution in [1.82, 2.24) is 5.32 Å². The highest BCUT2D eigenvalue weighted by Crippen LogP contribution is 2.30. The van der Waals surface area contributed by atoms with Gasteiger partial charge in [0, 0.05) is 12.5 Å². The quantitative estimate of drug-likeness (QED) is 0.868. The molecule has 1 aliphatic carbocycles. The Hall–Kier alpha value is -1.49. The van der Waals surface area contributed by atoms with Gasteiger partial charge in [-0.1, -0.05) is 12.5 Å². The summed E-state index contributed by atoms with van der Waals surface area (Å²) in [7, 11) is 0. The van der Waals surface area contributed by atoms with E-state index >= 15 is 0 Å². The molecule has 110 valence electrons. The fourth-order valence-electron chi connectivity index (χ4n) is 2.82. The molecule has 0 unspecified atom stereocenters. The summed E-state index contributed by atoms with van der Waals surface area (Å²) in [5.74, 6) is -1.40. The summed E-state index contributed by atoms with van der Waals surface area (Å²) in [6.07, 6.45) is 3.43. The van der Waals surface area contributed by atoms with Gasteiger partial charge in [0.1, 0.15) is 0 Å². The van der Waals surface area contributed by atoms with Crippen LogP contribution in [0.15, 0.2) is 18.2 Å². The summed E-state index contributed by atoms with van der Waals surface area (Å²) in [6, 6.07) is 3.80. The van der Waals surface area contributed by atoms with Crippen LogP contribution in [0.25, 0.3) is 0 Å². The number of hydrogen-bond donors (Lipinski definition) is 2. The lowest BCUT2D eigenvalue weighted by atomic mass is 9.95. The molecule has 1 aromatic carbocycles. The number of nitrogens with one attached hydrogen (secondary N) is 1. The minimum absolute atomic E-state index is 0.00459. The third-order valence-electron chi connectivity index (χ3n) is 4.00. The molecule has 3 N–H and O–H groups in total. The number of amides is 1. The average molecular weight is 282 g/mol. The fourth-order valence-corrected chi connectivity index (χ4v) is 2.82. The third kappa shape index (κ3) is 3.54. The number of carbonyl (C=O) groups excluding carboxylic acids is 1. The largest absolute Gasteiger partial charge is 0.356 e. The minimum Gasteiger partial charge on any atom is -0.356 e. The molecule has 0 heterocycles. The molecular weight excluding hydrogens is 262 g/mol. The molecule has 0 aliphatic heterocycles. The summed E-state index contributed by atoms with van der Waals surface area (Å²) in [6.45, 7) is 0.971. The summed E-state index contributed by atoms with van der Waals surface area (Å²) in [4.78, 5) is 12.0. The summed E-state index contributed by atoms with van der Waals surface area (Å²) < 4.78 is 25.8. The minimum atomic E-state index is -0.854. The van der Waals surface area contributed by atoms with E-state index in [4.69, 9.17) is 5.73 Å². The number of carbonyl (C=O) groups is 1. The molecule has 0 aromatic heterocycles. The second-order valence-corrected chi connectivity index (χ2v) is 5.32. The van der Waals surface area contributed by atoms with Crippen LogP contribution in [0.5, 0.6) is 0 Å². The third-order valence-corrected chi connectivity index (χ3v) is 4.00. The zero-order valence-corrected chi connectivity index (χ0v) is 11.4. The first-order valence-electron chi connectivity index (χ1n) is 7.03. The molecule has 1 fully saturated rings. The summed E-state index contributed by atoms with van der Waals surface area (Å²) >= 11 is 0. The predicted molar refractivity (Wildman–Crippen MR) is 73.0 cm³/mol. The molecule has 5 heteroatoms. The lowest BCUT2D eigenvalue weighted by Crippen LogP contribution is -2.36. The van der Waals surface area contributed by atoms with Gasteiger partial charge in [0.25, 0.3) is 0 Å². The number of hydrogen-bond acceptors (Lipinski definition) is 2. The van der Waals surface area contributed by atoms with E-state index in [1.54, 1.807) is 0 Å². The lowest BCUT2D eigenvalue weighted by molar-refractivity contribution is -0.125. The van der Waals surface area contributed by atoms with E-state index in [1.807, 2.05) is 0 Å². The highest BCUT2D eigenvalue weighted by Gasteiger charge is 2.31. The van der Waals surface area contributed by atoms with Crippen LogP contribution in [0.1, 0.15) is 24.8 Å². The van der Waals surface area contributed by atoms with Crippen LogP contribution >= 0.6 is 0 Å². The van der Waals surface area contributed by atoms with Crippen LogP contribution in [0.2, 0.25) is 0 Å². The smallest absolute Gasteiger partial charge is 0.223 e. The fraction of sp³-hybridized carbons (Fsp3) is 0.533. The molecule has 3 nitrogen and oxygen atoms in total. The van der Waals surface area contributed by atoms with E-state index in [-0.39, 0.29) is 17.7 Å². The first kappa shape index (κ1) is 14.9. The zero-order valence-electron chi connectivity index (χ0n) is 11.4. The second kappa shape index (κ2) is 6.79. The highest BCUT2D eigenvalue weighted by molar-refractivity contribution is 5.79. The van der Waals surface area contributed by atoms with Crippen molar-refractivity contribution in [2.75, 3.05) is 13.1 Å². The van der Waals surface area contributed by atoms with Crippen LogP contribution in [0, 0.1) is 23.5 Å². The Labute approximate surface area is 117 Å². The molecule has 1 amide bonds. The molecular formula is C15H20F2N2O. The maximum Gasteiger partial charge on any atom is 0.223 e. The number of benzene rings is 1. The molecule has 1 saturated carbocycles. The van der Waals surface area contributed by atoms with Crippen molar-refractivity contribution in [1.29, 1.82) is 0 Å². The van der Waals surface area contributed by atoms with Gasteiger partial charge in [0.2, 0.25) is 5.91 Å². The van der Waals surface area contributed by atoms with Crippen molar-refractivity contribution in [3.05, 3.63) is 35.4 Å². The Morgan fingerprint density at radius 2 is 2.10 bits per heavy atom. The van der Waals surface area contributed by atoms with E-state index in [0.29, 0.717) is 25.1 Å². The number of nitrogens with two attached hydrogens (primary N) is 1. The van der Waals surface area contributed by atoms with Gasteiger partial charge < -0.3 is 11.1 Å². The number of halogens is 2. The molecule has 20 heavy (non-hydrogen) atoms. The Kier molecular flexibility index (Phi) is 5.06. The Morgan fingerprint density at radius 1 is 1.30 bits per heavy atom. The van der Waals surface area contributed by atoms with E-state index in [0.717, 1.165) is 25.3 Å². The lowest BCUT2D eigenvalue weighted by Gasteiger charge is -2.17. The first-order valence-corrected chi connectivity index (χ1v) is 7.03. The highest BCUT2D eigenvalue weighted by atomic mass is 19.2. The normalized spacial score (nSPS) is 21.9. The predicted octanol–water partition coefficient (Wildman–Crippen LogP) is 2.00. The summed E-state index contributed by atoms with van der Waals surface area (Å²) in [5.41, 5.74) is 6.33. The molecule has 1 aliphatic rings. The van der Waals surface area contributed by atoms with Gasteiger partial charge in [-0.3, -0.25) is 4.79 Å². The Balaban J connectivity index is 1.80. The zero-order chi connectivity index (χ0) is 14.5. The topological polar surface area (TPSA) is 55.1 Å². The Morgan fingerprint density at radius 3 is 2.80 bits per heavy atom. The van der Waals surface area contributed by atoms with Crippen LogP contribution in [0.3, 0.4) is 0 Å². The van der Waals surface area contributed by atoms with Gasteiger partial charge >= 0.3 is 0 Å². The van der Waals surface area contributed by atoms with Crippen molar-refractivity contribution >= 4 is 5.91 Å². The average Bonchev–Trinajstić information content (AvgIpc) is 2.91. The maximum atomic E-state index is 13.0. The van der Waals surface area contributed by atoms with Gasteiger partial charge in [0.05, 0.1) is 0 Å². The first-order chi connectivity index (χ1) is 9.61. The van der Waals surface area contributed by atoms with E-state index in [2.05, 4.69) is 5.32 Å². The van der Waals surface area contributed by atoms with Crippen molar-refractivity contribution in [3.63, 3.8) is 0 Å². The van der Waals surface area contributed by atoms with Gasteiger partial charge in [-0.2, -0.15) is 0 Å². The SMILES string of the molecule is NC[C@H]1CCC[C@H]1C(=O)NCCc1ccc(F)c(F)c1. The molecule has 1 aromatic rings. The molecule has 0 saturated heterocycles. The van der Waals surface area contributed by atoms with Gasteiger partial charge in [-0.25, -0.2) is 8.78 Å². The van der Waals surface area contributed by atoms with Gasteiger partial charge in [-0.05, 0) is 49.4 Å². The van der Waals surface area contributed by atoms with Crippen LogP contribution in [0.4, 0.5) is 8.78 Å². The van der Waals surface area contributed by atoms with Gasteiger partial charge in [0.15, 0.2) is 11.6 Å². The van der Waals surface area contributed by atoms with Crippen LogP contribution in [-0.2, 0) is 11.2 Å². The molecule has 0 spiro atoms. The van der Waals surface area contributed by atoms with Crippen molar-refractivity contribution in [3.8, 4) is 0 Å². The van der Waals surface area contributed by atoms with E-state index in [9.17, 15) is 13.6 Å². The molecule has 2 atom stereocenters. The second-order valence-electron chi connectivity index (χ2n) is 5.32. The Bertz CT molecular complexity index is 479. The molecule has 0 radical (unpaired) electrons. The van der Waals surface area contributed by atoms with Crippen LogP contribution < -0.4 is 11.1 Å². The molecule has 0 bridgehead atoms. The van der Waals surface area contributed by atoms with Crippen LogP contribution in [-0.4, -0.2) is 19.0 Å².